The van der Waals surface area contributed by atoms with Crippen LogP contribution in [0.25, 0.3) is 5.52 Å². The van der Waals surface area contributed by atoms with Crippen molar-refractivity contribution >= 4 is 29.0 Å². The van der Waals surface area contributed by atoms with E-state index in [0.29, 0.717) is 36.8 Å². The van der Waals surface area contributed by atoms with E-state index in [1.165, 1.54) is 19.2 Å². The molecule has 9 heteroatoms. The van der Waals surface area contributed by atoms with Gasteiger partial charge in [-0.3, -0.25) is 4.79 Å². The number of nitrogens with zero attached hydrogens (tertiary/aromatic N) is 1. The van der Waals surface area contributed by atoms with Gasteiger partial charge in [-0.2, -0.15) is 0 Å². The number of urea groups is 1. The first-order chi connectivity index (χ1) is 16.4. The molecule has 2 N–H and O–H groups in total. The smallest absolute Gasteiger partial charge is 0.339 e. The summed E-state index contributed by atoms with van der Waals surface area (Å²) in [4.78, 5) is 38.1. The Hall–Kier alpha value is -3.85. The predicted octanol–water partition coefficient (Wildman–Crippen LogP) is 3.82. The summed E-state index contributed by atoms with van der Waals surface area (Å²) in [7, 11) is 2.83. The fourth-order valence-corrected chi connectivity index (χ4v) is 3.61. The second-order valence-electron chi connectivity index (χ2n) is 7.56. The Morgan fingerprint density at radius 2 is 1.85 bits per heavy atom. The molecule has 2 amide bonds. The number of amides is 2. The van der Waals surface area contributed by atoms with Crippen LogP contribution in [0.5, 0.6) is 5.75 Å². The quantitative estimate of drug-likeness (QED) is 0.267. The van der Waals surface area contributed by atoms with Crippen LogP contribution in [0.1, 0.15) is 45.3 Å². The molecule has 0 aliphatic rings. The number of benzene rings is 1. The molecule has 0 unspecified atom stereocenters. The van der Waals surface area contributed by atoms with E-state index in [4.69, 9.17) is 14.2 Å². The van der Waals surface area contributed by atoms with Crippen molar-refractivity contribution < 1.29 is 28.6 Å². The first-order valence-electron chi connectivity index (χ1n) is 11.0. The lowest BCUT2D eigenvalue weighted by molar-refractivity contribution is 0.0602. The minimum atomic E-state index is -0.666. The standard InChI is InChI=1S/C25H29N3O6/c1-5-11-26-25(31)27-19-10-9-17(15-18(19)24(30)33-4)22(29)21-16(2)23(34-14-13-32-3)20-8-6-7-12-28(20)21/h6-10,12,15H,5,11,13-14H2,1-4H3,(H2,26,27,31). The summed E-state index contributed by atoms with van der Waals surface area (Å²) in [6.45, 7) is 4.99. The highest BCUT2D eigenvalue weighted by molar-refractivity contribution is 6.12. The average Bonchev–Trinajstić information content (AvgIpc) is 3.13. The lowest BCUT2D eigenvalue weighted by atomic mass is 10.0. The van der Waals surface area contributed by atoms with Gasteiger partial charge in [0.2, 0.25) is 5.78 Å². The van der Waals surface area contributed by atoms with Crippen LogP contribution in [-0.4, -0.2) is 56.2 Å². The van der Waals surface area contributed by atoms with Gasteiger partial charge in [0.05, 0.1) is 30.5 Å². The lowest BCUT2D eigenvalue weighted by Gasteiger charge is -2.12. The molecule has 2 aromatic heterocycles. The Kier molecular flexibility index (Phi) is 8.26. The number of ether oxygens (including phenoxy) is 3. The number of ketones is 1. The van der Waals surface area contributed by atoms with Crippen molar-refractivity contribution in [1.82, 2.24) is 9.72 Å². The molecule has 180 valence electrons. The summed E-state index contributed by atoms with van der Waals surface area (Å²) in [5.74, 6) is -0.367. The first-order valence-corrected chi connectivity index (χ1v) is 11.0. The molecule has 0 bridgehead atoms. The van der Waals surface area contributed by atoms with Gasteiger partial charge in [0.25, 0.3) is 0 Å². The van der Waals surface area contributed by atoms with Crippen LogP contribution in [0.15, 0.2) is 42.6 Å². The molecule has 3 rings (SSSR count). The van der Waals surface area contributed by atoms with E-state index in [1.807, 2.05) is 32.0 Å². The van der Waals surface area contributed by atoms with Crippen LogP contribution in [0.4, 0.5) is 10.5 Å². The highest BCUT2D eigenvalue weighted by Crippen LogP contribution is 2.32. The van der Waals surface area contributed by atoms with E-state index in [9.17, 15) is 14.4 Å². The fraction of sp³-hybridized carbons (Fsp3) is 0.320. The minimum Gasteiger partial charge on any atom is -0.489 e. The summed E-state index contributed by atoms with van der Waals surface area (Å²) in [5, 5.41) is 5.33. The maximum atomic E-state index is 13.6. The van der Waals surface area contributed by atoms with Crippen molar-refractivity contribution in [2.24, 2.45) is 0 Å². The number of methoxy groups -OCH3 is 2. The van der Waals surface area contributed by atoms with Crippen molar-refractivity contribution in [1.29, 1.82) is 0 Å². The van der Waals surface area contributed by atoms with Crippen molar-refractivity contribution in [2.75, 3.05) is 39.3 Å². The van der Waals surface area contributed by atoms with E-state index < -0.39 is 12.0 Å². The summed E-state index contributed by atoms with van der Waals surface area (Å²) in [6, 6.07) is 9.63. The average molecular weight is 468 g/mol. The Morgan fingerprint density at radius 1 is 1.06 bits per heavy atom. The second-order valence-corrected chi connectivity index (χ2v) is 7.56. The number of hydrogen-bond donors (Lipinski definition) is 2. The zero-order valence-electron chi connectivity index (χ0n) is 19.8. The van der Waals surface area contributed by atoms with Crippen molar-refractivity contribution in [2.45, 2.75) is 20.3 Å². The third kappa shape index (κ3) is 5.20. The third-order valence-corrected chi connectivity index (χ3v) is 5.25. The van der Waals surface area contributed by atoms with E-state index in [0.717, 1.165) is 11.9 Å². The van der Waals surface area contributed by atoms with Crippen molar-refractivity contribution in [3.63, 3.8) is 0 Å². The molecule has 0 spiro atoms. The van der Waals surface area contributed by atoms with E-state index >= 15 is 0 Å². The van der Waals surface area contributed by atoms with Gasteiger partial charge in [-0.25, -0.2) is 9.59 Å². The minimum absolute atomic E-state index is 0.0788. The Bertz CT molecular complexity index is 1200. The van der Waals surface area contributed by atoms with Gasteiger partial charge in [0.15, 0.2) is 0 Å². The van der Waals surface area contributed by atoms with Crippen LogP contribution in [0, 0.1) is 6.92 Å². The van der Waals surface area contributed by atoms with Gasteiger partial charge >= 0.3 is 12.0 Å². The monoisotopic (exact) mass is 467 g/mol. The highest BCUT2D eigenvalue weighted by atomic mass is 16.5. The molecule has 0 fully saturated rings. The number of esters is 1. The zero-order valence-corrected chi connectivity index (χ0v) is 19.8. The summed E-state index contributed by atoms with van der Waals surface area (Å²) >= 11 is 0. The van der Waals surface area contributed by atoms with E-state index in [2.05, 4.69) is 10.6 Å². The topological polar surface area (TPSA) is 107 Å². The summed E-state index contributed by atoms with van der Waals surface area (Å²) in [5.41, 5.74) is 2.44. The third-order valence-electron chi connectivity index (χ3n) is 5.25. The zero-order chi connectivity index (χ0) is 24.7. The van der Waals surface area contributed by atoms with Gasteiger partial charge in [-0.1, -0.05) is 13.0 Å². The normalized spacial score (nSPS) is 10.7. The van der Waals surface area contributed by atoms with Gasteiger partial charge in [0, 0.05) is 31.0 Å². The van der Waals surface area contributed by atoms with Crippen LogP contribution in [0.3, 0.4) is 0 Å². The number of carbonyl (C=O) groups is 3. The molecular weight excluding hydrogens is 438 g/mol. The number of nitrogens with one attached hydrogen (secondary N) is 2. The van der Waals surface area contributed by atoms with Gasteiger partial charge in [-0.05, 0) is 43.7 Å². The molecule has 3 aromatic rings. The van der Waals surface area contributed by atoms with Crippen LogP contribution in [-0.2, 0) is 9.47 Å². The molecule has 0 saturated carbocycles. The molecule has 34 heavy (non-hydrogen) atoms. The predicted molar refractivity (Wildman–Crippen MR) is 128 cm³/mol. The van der Waals surface area contributed by atoms with Crippen LogP contribution >= 0.6 is 0 Å². The molecule has 0 aliphatic heterocycles. The Balaban J connectivity index is 2.02. The van der Waals surface area contributed by atoms with Crippen LogP contribution in [0.2, 0.25) is 0 Å². The maximum Gasteiger partial charge on any atom is 0.339 e. The van der Waals surface area contributed by atoms with Gasteiger partial charge in [0.1, 0.15) is 18.1 Å². The highest BCUT2D eigenvalue weighted by Gasteiger charge is 2.24. The Labute approximate surface area is 198 Å². The maximum absolute atomic E-state index is 13.6. The molecular formula is C25H29N3O6. The molecule has 9 nitrogen and oxygen atoms in total. The molecule has 0 saturated heterocycles. The first kappa shape index (κ1) is 24.8. The lowest BCUT2D eigenvalue weighted by Crippen LogP contribution is -2.30. The number of hydrogen-bond acceptors (Lipinski definition) is 6. The largest absolute Gasteiger partial charge is 0.489 e. The number of pyridine rings is 1. The van der Waals surface area contributed by atoms with Crippen molar-refractivity contribution in [3.05, 3.63) is 65.0 Å². The SMILES string of the molecule is CCCNC(=O)Nc1ccc(C(=O)c2c(C)c(OCCOC)c3ccccn23)cc1C(=O)OC. The van der Waals surface area contributed by atoms with Gasteiger partial charge < -0.3 is 29.2 Å². The molecule has 1 aromatic carbocycles. The fourth-order valence-electron chi connectivity index (χ4n) is 3.61. The number of anilines is 1. The number of fused-ring (bicyclic) bond motifs is 1. The Morgan fingerprint density at radius 3 is 2.56 bits per heavy atom. The van der Waals surface area contributed by atoms with Crippen LogP contribution < -0.4 is 15.4 Å². The second kappa shape index (κ2) is 11.3. The van der Waals surface area contributed by atoms with Crippen molar-refractivity contribution in [3.8, 4) is 5.75 Å². The number of aromatic nitrogens is 1. The number of rotatable bonds is 10. The number of carbonyl (C=O) groups excluding carboxylic acids is 3. The summed E-state index contributed by atoms with van der Waals surface area (Å²) < 4.78 is 17.6. The van der Waals surface area contributed by atoms with E-state index in [1.54, 1.807) is 23.8 Å². The molecule has 2 heterocycles. The molecule has 0 radical (unpaired) electrons. The van der Waals surface area contributed by atoms with E-state index in [-0.39, 0.29) is 22.6 Å². The molecule has 0 aliphatic carbocycles. The molecule has 0 atom stereocenters. The van der Waals surface area contributed by atoms with Gasteiger partial charge in [-0.15, -0.1) is 0 Å². The summed E-state index contributed by atoms with van der Waals surface area (Å²) in [6.07, 6.45) is 2.56.